The molecule has 134 valence electrons. The second kappa shape index (κ2) is 8.39. The highest BCUT2D eigenvalue weighted by Gasteiger charge is 2.43. The van der Waals surface area contributed by atoms with E-state index in [1.54, 1.807) is 0 Å². The summed E-state index contributed by atoms with van der Waals surface area (Å²) in [6, 6.07) is 0. The van der Waals surface area contributed by atoms with Crippen LogP contribution in [0.25, 0.3) is 0 Å². The molecule has 2 fully saturated rings. The van der Waals surface area contributed by atoms with Crippen LogP contribution in [0.3, 0.4) is 0 Å². The zero-order valence-electron chi connectivity index (χ0n) is 14.0. The van der Waals surface area contributed by atoms with Crippen LogP contribution in [0.1, 0.15) is 77.6 Å². The number of ether oxygens (including phenoxy) is 1. The van der Waals surface area contributed by atoms with E-state index in [-0.39, 0.29) is 0 Å². The molecule has 0 aromatic rings. The van der Waals surface area contributed by atoms with Crippen LogP contribution in [-0.4, -0.2) is 18.2 Å². The average Bonchev–Trinajstić information content (AvgIpc) is 2.53. The van der Waals surface area contributed by atoms with Gasteiger partial charge in [-0.3, -0.25) is 0 Å². The molecule has 2 saturated carbocycles. The van der Waals surface area contributed by atoms with Crippen LogP contribution in [-0.2, 0) is 9.53 Å². The third-order valence-electron chi connectivity index (χ3n) is 5.75. The molecule has 0 unspecified atom stereocenters. The van der Waals surface area contributed by atoms with Gasteiger partial charge in [0.15, 0.2) is 0 Å². The van der Waals surface area contributed by atoms with Crippen LogP contribution in [0.15, 0.2) is 0 Å². The number of carbonyl (C=O) groups excluding carboxylic acids is 1. The number of rotatable bonds is 5. The van der Waals surface area contributed by atoms with Crippen molar-refractivity contribution in [3.05, 3.63) is 0 Å². The van der Waals surface area contributed by atoms with Gasteiger partial charge in [0.2, 0.25) is 0 Å². The Hall–Kier alpha value is -0.740. The van der Waals surface area contributed by atoms with E-state index in [4.69, 9.17) is 0 Å². The largest absolute Gasteiger partial charge is 0.490 e. The van der Waals surface area contributed by atoms with E-state index in [0.717, 1.165) is 24.7 Å². The van der Waals surface area contributed by atoms with Crippen LogP contribution in [0.4, 0.5) is 13.2 Å². The number of hydrogen-bond acceptors (Lipinski definition) is 2. The topological polar surface area (TPSA) is 26.3 Å². The number of halogens is 3. The summed E-state index contributed by atoms with van der Waals surface area (Å²) in [5, 5.41) is 0. The van der Waals surface area contributed by atoms with Crippen molar-refractivity contribution in [3.63, 3.8) is 0 Å². The molecule has 0 N–H and O–H groups in total. The second-order valence-corrected chi connectivity index (χ2v) is 7.36. The first kappa shape index (κ1) is 18.6. The predicted molar refractivity (Wildman–Crippen MR) is 82.9 cm³/mol. The van der Waals surface area contributed by atoms with E-state index in [1.807, 2.05) is 0 Å². The van der Waals surface area contributed by atoms with Gasteiger partial charge >= 0.3 is 12.1 Å². The SMILES string of the molecule is CCCCC1CCC(C2CCC(OC(=O)C(F)(F)F)CC2)CC1. The van der Waals surface area contributed by atoms with Gasteiger partial charge in [0, 0.05) is 0 Å². The molecule has 0 aliphatic heterocycles. The van der Waals surface area contributed by atoms with Crippen LogP contribution in [0.5, 0.6) is 0 Å². The Morgan fingerprint density at radius 2 is 1.48 bits per heavy atom. The van der Waals surface area contributed by atoms with Crippen LogP contribution >= 0.6 is 0 Å². The maximum Gasteiger partial charge on any atom is 0.490 e. The van der Waals surface area contributed by atoms with Gasteiger partial charge in [-0.25, -0.2) is 4.79 Å². The molecule has 5 heteroatoms. The number of esters is 1. The molecule has 23 heavy (non-hydrogen) atoms. The van der Waals surface area contributed by atoms with Gasteiger partial charge in [-0.05, 0) is 56.3 Å². The molecule has 0 aromatic carbocycles. The lowest BCUT2D eigenvalue weighted by Crippen LogP contribution is -2.34. The Bertz CT molecular complexity index is 365. The van der Waals surface area contributed by atoms with Crippen molar-refractivity contribution < 1.29 is 22.7 Å². The predicted octanol–water partition coefficient (Wildman–Crippen LogP) is 5.65. The fraction of sp³-hybridized carbons (Fsp3) is 0.944. The molecular formula is C18H29F3O2. The molecule has 0 atom stereocenters. The molecule has 0 saturated heterocycles. The smallest absolute Gasteiger partial charge is 0.456 e. The molecule has 0 amide bonds. The van der Waals surface area contributed by atoms with Crippen molar-refractivity contribution >= 4 is 5.97 Å². The third kappa shape index (κ3) is 5.68. The van der Waals surface area contributed by atoms with Gasteiger partial charge in [0.1, 0.15) is 6.10 Å². The van der Waals surface area contributed by atoms with Crippen LogP contribution in [0.2, 0.25) is 0 Å². The van der Waals surface area contributed by atoms with E-state index in [0.29, 0.717) is 18.8 Å². The van der Waals surface area contributed by atoms with Gasteiger partial charge in [-0.1, -0.05) is 39.0 Å². The molecule has 0 bridgehead atoms. The quantitative estimate of drug-likeness (QED) is 0.608. The Morgan fingerprint density at radius 1 is 0.957 bits per heavy atom. The Labute approximate surface area is 137 Å². The van der Waals surface area contributed by atoms with Gasteiger partial charge in [-0.2, -0.15) is 13.2 Å². The highest BCUT2D eigenvalue weighted by molar-refractivity contribution is 5.75. The first-order valence-electron chi connectivity index (χ1n) is 9.18. The minimum Gasteiger partial charge on any atom is -0.456 e. The van der Waals surface area contributed by atoms with Gasteiger partial charge in [0.25, 0.3) is 0 Å². The Balaban J connectivity index is 1.68. The second-order valence-electron chi connectivity index (χ2n) is 7.36. The first-order chi connectivity index (χ1) is 10.9. The fourth-order valence-electron chi connectivity index (χ4n) is 4.34. The monoisotopic (exact) mass is 334 g/mol. The summed E-state index contributed by atoms with van der Waals surface area (Å²) >= 11 is 0. The van der Waals surface area contributed by atoms with Crippen LogP contribution < -0.4 is 0 Å². The third-order valence-corrected chi connectivity index (χ3v) is 5.75. The van der Waals surface area contributed by atoms with Crippen molar-refractivity contribution in [2.75, 3.05) is 0 Å². The summed E-state index contributed by atoms with van der Waals surface area (Å²) in [6.07, 6.45) is 6.67. The zero-order valence-corrected chi connectivity index (χ0v) is 14.0. The lowest BCUT2D eigenvalue weighted by Gasteiger charge is -2.37. The highest BCUT2D eigenvalue weighted by atomic mass is 19.4. The molecule has 0 radical (unpaired) electrons. The molecule has 0 heterocycles. The lowest BCUT2D eigenvalue weighted by molar-refractivity contribution is -0.206. The summed E-state index contributed by atoms with van der Waals surface area (Å²) < 4.78 is 41.3. The summed E-state index contributed by atoms with van der Waals surface area (Å²) in [7, 11) is 0. The number of hydrogen-bond donors (Lipinski definition) is 0. The van der Waals surface area contributed by atoms with Crippen LogP contribution in [0, 0.1) is 17.8 Å². The summed E-state index contributed by atoms with van der Waals surface area (Å²) in [6.45, 7) is 2.23. The minimum absolute atomic E-state index is 0.540. The van der Waals surface area contributed by atoms with Crippen molar-refractivity contribution in [1.82, 2.24) is 0 Å². The Kier molecular flexibility index (Phi) is 6.78. The van der Waals surface area contributed by atoms with E-state index in [2.05, 4.69) is 11.7 Å². The normalized spacial score (nSPS) is 32.5. The van der Waals surface area contributed by atoms with Gasteiger partial charge < -0.3 is 4.74 Å². The summed E-state index contributed by atoms with van der Waals surface area (Å²) in [5.41, 5.74) is 0. The van der Waals surface area contributed by atoms with E-state index in [1.165, 1.54) is 44.9 Å². The fourth-order valence-corrected chi connectivity index (χ4v) is 4.34. The van der Waals surface area contributed by atoms with Crippen molar-refractivity contribution in [3.8, 4) is 0 Å². The maximum atomic E-state index is 12.2. The highest BCUT2D eigenvalue weighted by Crippen LogP contribution is 2.41. The molecular weight excluding hydrogens is 305 g/mol. The molecule has 0 aromatic heterocycles. The lowest BCUT2D eigenvalue weighted by atomic mass is 9.70. The number of alkyl halides is 3. The maximum absolute atomic E-state index is 12.2. The first-order valence-corrected chi connectivity index (χ1v) is 9.18. The standard InChI is InChI=1S/C18H29F3O2/c1-2-3-4-13-5-7-14(8-6-13)15-9-11-16(12-10-15)23-17(22)18(19,20)21/h13-16H,2-12H2,1H3. The molecule has 2 rings (SSSR count). The minimum atomic E-state index is -4.87. The zero-order chi connectivity index (χ0) is 16.9. The number of carbonyl (C=O) groups is 1. The average molecular weight is 334 g/mol. The molecule has 2 aliphatic rings. The molecule has 2 aliphatic carbocycles. The van der Waals surface area contributed by atoms with E-state index >= 15 is 0 Å². The number of unbranched alkanes of at least 4 members (excludes halogenated alkanes) is 1. The van der Waals surface area contributed by atoms with Gasteiger partial charge in [-0.15, -0.1) is 0 Å². The van der Waals surface area contributed by atoms with Crippen molar-refractivity contribution in [2.24, 2.45) is 17.8 Å². The van der Waals surface area contributed by atoms with Crippen molar-refractivity contribution in [1.29, 1.82) is 0 Å². The Morgan fingerprint density at radius 3 is 1.96 bits per heavy atom. The van der Waals surface area contributed by atoms with E-state index in [9.17, 15) is 18.0 Å². The van der Waals surface area contributed by atoms with Crippen molar-refractivity contribution in [2.45, 2.75) is 89.8 Å². The molecule has 0 spiro atoms. The van der Waals surface area contributed by atoms with Gasteiger partial charge in [0.05, 0.1) is 0 Å². The summed E-state index contributed by atoms with van der Waals surface area (Å²) in [5.74, 6) is 0.197. The van der Waals surface area contributed by atoms with E-state index < -0.39 is 18.2 Å². The summed E-state index contributed by atoms with van der Waals surface area (Å²) in [4.78, 5) is 10.9. The molecule has 2 nitrogen and oxygen atoms in total.